The Morgan fingerprint density at radius 1 is 1.27 bits per heavy atom. The molecule has 1 aromatic carbocycles. The first-order valence-corrected chi connectivity index (χ1v) is 13.7. The molecule has 2 aromatic rings. The molecular formula is C25H31BN6O7S. The highest BCUT2D eigenvalue weighted by Crippen LogP contribution is 2.30. The summed E-state index contributed by atoms with van der Waals surface area (Å²) in [6, 6.07) is 6.72. The van der Waals surface area contributed by atoms with Gasteiger partial charge in [-0.15, -0.1) is 11.3 Å². The number of benzene rings is 1. The van der Waals surface area contributed by atoms with E-state index in [0.29, 0.717) is 18.4 Å². The van der Waals surface area contributed by atoms with Crippen LogP contribution in [0.5, 0.6) is 5.75 Å². The highest BCUT2D eigenvalue weighted by Gasteiger charge is 2.38. The van der Waals surface area contributed by atoms with E-state index in [9.17, 15) is 24.5 Å². The fraction of sp³-hybridized carbons (Fsp3) is 0.440. The monoisotopic (exact) mass is 570 g/mol. The van der Waals surface area contributed by atoms with Gasteiger partial charge in [0.25, 0.3) is 11.8 Å². The maximum absolute atomic E-state index is 13.1. The van der Waals surface area contributed by atoms with Gasteiger partial charge in [0.05, 0.1) is 17.6 Å². The SMILES string of the molecule is CC.N#CC1CCC(NC(=O)CO/N=C(\C(=O)NC2Cc3cccc(C(=O)O)c3OB2O)c2csc(N)n2)CC1. The number of aromatic nitrogens is 1. The number of fused-ring (bicyclic) bond motifs is 1. The number of nitrogens with two attached hydrogens (primary N) is 1. The number of nitrogens with zero attached hydrogens (tertiary/aromatic N) is 3. The number of aromatic carboxylic acids is 1. The quantitative estimate of drug-likeness (QED) is 0.175. The zero-order valence-electron chi connectivity index (χ0n) is 22.1. The first-order chi connectivity index (χ1) is 19.2. The zero-order chi connectivity index (χ0) is 29.2. The standard InChI is InChI=1S/C23H25BN6O7S.C2H6/c25-9-12-4-6-14(7-5-12)27-18(31)10-36-30-19(16-11-38-23(26)28-16)21(32)29-17-8-13-2-1-3-15(22(33)34)20(13)37-24(17)35;1-2/h1-3,11-12,14,17,35H,4-8,10H2,(H2,26,28)(H,27,31)(H,29,32)(H,33,34);1-2H3/b30-19-;. The molecule has 0 saturated heterocycles. The van der Waals surface area contributed by atoms with Gasteiger partial charge in [0.15, 0.2) is 17.5 Å². The van der Waals surface area contributed by atoms with Crippen LogP contribution in [0, 0.1) is 17.2 Å². The van der Waals surface area contributed by atoms with Crippen LogP contribution in [0.2, 0.25) is 0 Å². The molecule has 1 aliphatic carbocycles. The molecule has 2 heterocycles. The van der Waals surface area contributed by atoms with E-state index in [2.05, 4.69) is 26.8 Å². The Kier molecular flexibility index (Phi) is 10.9. The van der Waals surface area contributed by atoms with Crippen molar-refractivity contribution < 1.29 is 34.0 Å². The van der Waals surface area contributed by atoms with Crippen LogP contribution in [-0.4, -0.2) is 64.3 Å². The summed E-state index contributed by atoms with van der Waals surface area (Å²) < 4.78 is 5.41. The number of carbonyl (C=O) groups is 3. The van der Waals surface area contributed by atoms with Crippen molar-refractivity contribution in [2.75, 3.05) is 12.3 Å². The minimum atomic E-state index is -1.53. The van der Waals surface area contributed by atoms with Gasteiger partial charge < -0.3 is 36.0 Å². The molecule has 2 aliphatic rings. The van der Waals surface area contributed by atoms with Gasteiger partial charge >= 0.3 is 13.1 Å². The fourth-order valence-corrected chi connectivity index (χ4v) is 4.89. The number of carboxylic acid groups (broad SMARTS) is 1. The number of carboxylic acids is 1. The van der Waals surface area contributed by atoms with E-state index in [1.807, 2.05) is 13.8 Å². The summed E-state index contributed by atoms with van der Waals surface area (Å²) in [5.41, 5.74) is 5.94. The van der Waals surface area contributed by atoms with E-state index in [1.54, 1.807) is 12.1 Å². The summed E-state index contributed by atoms with van der Waals surface area (Å²) in [4.78, 5) is 46.1. The smallest absolute Gasteiger partial charge is 0.534 e. The predicted octanol–water partition coefficient (Wildman–Crippen LogP) is 1.51. The number of oxime groups is 1. The molecular weight excluding hydrogens is 539 g/mol. The number of nitrogen functional groups attached to an aromatic ring is 1. The number of rotatable bonds is 8. The third kappa shape index (κ3) is 7.70. The first kappa shape index (κ1) is 30.4. The summed E-state index contributed by atoms with van der Waals surface area (Å²) in [5, 5.41) is 39.8. The average Bonchev–Trinajstić information content (AvgIpc) is 3.38. The van der Waals surface area contributed by atoms with Crippen LogP contribution in [0.1, 0.15) is 61.1 Å². The van der Waals surface area contributed by atoms with Crippen molar-refractivity contribution in [3.8, 4) is 11.8 Å². The van der Waals surface area contributed by atoms with Crippen LogP contribution in [-0.2, 0) is 20.8 Å². The van der Waals surface area contributed by atoms with E-state index in [4.69, 9.17) is 20.5 Å². The normalized spacial score (nSPS) is 20.0. The van der Waals surface area contributed by atoms with Crippen molar-refractivity contribution in [1.29, 1.82) is 5.26 Å². The van der Waals surface area contributed by atoms with Gasteiger partial charge in [0, 0.05) is 17.3 Å². The Morgan fingerprint density at radius 3 is 2.62 bits per heavy atom. The van der Waals surface area contributed by atoms with Gasteiger partial charge in [-0.25, -0.2) is 9.78 Å². The highest BCUT2D eigenvalue weighted by atomic mass is 32.1. The molecule has 0 bridgehead atoms. The summed E-state index contributed by atoms with van der Waals surface area (Å²) in [6.45, 7) is 3.55. The number of thiazole rings is 1. The lowest BCUT2D eigenvalue weighted by molar-refractivity contribution is -0.127. The summed E-state index contributed by atoms with van der Waals surface area (Å²) in [7, 11) is -1.53. The number of hydrogen-bond donors (Lipinski definition) is 5. The van der Waals surface area contributed by atoms with Crippen molar-refractivity contribution in [3.05, 3.63) is 40.4 Å². The molecule has 2 amide bonds. The molecule has 212 valence electrons. The van der Waals surface area contributed by atoms with E-state index < -0.39 is 37.5 Å². The summed E-state index contributed by atoms with van der Waals surface area (Å²) >= 11 is 1.08. The van der Waals surface area contributed by atoms with Crippen LogP contribution in [0.15, 0.2) is 28.7 Å². The molecule has 4 rings (SSSR count). The van der Waals surface area contributed by atoms with Crippen molar-refractivity contribution in [3.63, 3.8) is 0 Å². The third-order valence-corrected chi connectivity index (χ3v) is 6.95. The predicted molar refractivity (Wildman–Crippen MR) is 148 cm³/mol. The Labute approximate surface area is 235 Å². The molecule has 13 nitrogen and oxygen atoms in total. The second-order valence-electron chi connectivity index (χ2n) is 8.92. The van der Waals surface area contributed by atoms with Gasteiger partial charge in [0.1, 0.15) is 11.4 Å². The van der Waals surface area contributed by atoms with Crippen molar-refractivity contribution in [2.24, 2.45) is 11.1 Å². The number of para-hydroxylation sites is 1. The van der Waals surface area contributed by atoms with Gasteiger partial charge in [-0.1, -0.05) is 31.1 Å². The van der Waals surface area contributed by atoms with Crippen LogP contribution in [0.4, 0.5) is 5.13 Å². The Balaban J connectivity index is 0.00000216. The lowest BCUT2D eigenvalue weighted by Crippen LogP contribution is -2.54. The van der Waals surface area contributed by atoms with Crippen LogP contribution < -0.4 is 21.0 Å². The van der Waals surface area contributed by atoms with E-state index in [-0.39, 0.29) is 46.2 Å². The van der Waals surface area contributed by atoms with Crippen molar-refractivity contribution >= 4 is 47.1 Å². The number of anilines is 1. The van der Waals surface area contributed by atoms with Gasteiger partial charge in [-0.05, 0) is 43.7 Å². The number of nitriles is 1. The lowest BCUT2D eigenvalue weighted by Gasteiger charge is -2.28. The van der Waals surface area contributed by atoms with Gasteiger partial charge in [-0.3, -0.25) is 9.59 Å². The largest absolute Gasteiger partial charge is 0.547 e. The van der Waals surface area contributed by atoms with Gasteiger partial charge in [-0.2, -0.15) is 5.26 Å². The minimum Gasteiger partial charge on any atom is -0.534 e. The van der Waals surface area contributed by atoms with E-state index >= 15 is 0 Å². The molecule has 1 atom stereocenters. The molecule has 1 unspecified atom stereocenters. The zero-order valence-corrected chi connectivity index (χ0v) is 22.9. The number of hydrogen-bond acceptors (Lipinski definition) is 11. The molecule has 1 saturated carbocycles. The molecule has 15 heteroatoms. The topological polar surface area (TPSA) is 209 Å². The average molecular weight is 570 g/mol. The third-order valence-electron chi connectivity index (χ3n) is 6.27. The maximum atomic E-state index is 13.1. The van der Waals surface area contributed by atoms with E-state index in [0.717, 1.165) is 24.2 Å². The molecule has 1 aromatic heterocycles. The van der Waals surface area contributed by atoms with Crippen molar-refractivity contribution in [2.45, 2.75) is 57.9 Å². The molecule has 1 fully saturated rings. The molecule has 0 radical (unpaired) electrons. The van der Waals surface area contributed by atoms with Crippen LogP contribution >= 0.6 is 11.3 Å². The van der Waals surface area contributed by atoms with Crippen molar-refractivity contribution in [1.82, 2.24) is 15.6 Å². The lowest BCUT2D eigenvalue weighted by atomic mass is 9.72. The fourth-order valence-electron chi connectivity index (χ4n) is 4.35. The van der Waals surface area contributed by atoms with E-state index in [1.165, 1.54) is 11.4 Å². The second kappa shape index (κ2) is 14.3. The highest BCUT2D eigenvalue weighted by molar-refractivity contribution is 7.13. The summed E-state index contributed by atoms with van der Waals surface area (Å²) in [6.07, 6.45) is 2.92. The Hall–Kier alpha value is -4.16. The number of carbonyl (C=O) groups excluding carboxylic acids is 2. The summed E-state index contributed by atoms with van der Waals surface area (Å²) in [5.74, 6) is -3.29. The molecule has 0 spiro atoms. The number of nitrogens with one attached hydrogen (secondary N) is 2. The first-order valence-electron chi connectivity index (χ1n) is 12.9. The molecule has 40 heavy (non-hydrogen) atoms. The second-order valence-corrected chi connectivity index (χ2v) is 9.81. The van der Waals surface area contributed by atoms with Gasteiger partial charge in [0.2, 0.25) is 0 Å². The minimum absolute atomic E-state index is 0.0106. The molecule has 6 N–H and O–H groups in total. The Bertz CT molecular complexity index is 1290. The number of amides is 2. The maximum Gasteiger partial charge on any atom is 0.547 e. The van der Waals surface area contributed by atoms with Crippen LogP contribution in [0.3, 0.4) is 0 Å². The van der Waals surface area contributed by atoms with Crippen LogP contribution in [0.25, 0.3) is 0 Å². The molecule has 1 aliphatic heterocycles. The Morgan fingerprint density at radius 2 is 2.00 bits per heavy atom.